The summed E-state index contributed by atoms with van der Waals surface area (Å²) in [5.41, 5.74) is 1.71. The van der Waals surface area contributed by atoms with E-state index in [4.69, 9.17) is 4.74 Å². The lowest BCUT2D eigenvalue weighted by Crippen LogP contribution is -2.24. The summed E-state index contributed by atoms with van der Waals surface area (Å²) in [6.45, 7) is 4.05. The molecule has 0 saturated heterocycles. The minimum absolute atomic E-state index is 0.157. The molecule has 2 heterocycles. The van der Waals surface area contributed by atoms with E-state index < -0.39 is 5.97 Å². The summed E-state index contributed by atoms with van der Waals surface area (Å²) >= 11 is 1.24. The molecule has 0 saturated carbocycles. The number of carbonyl (C=O) groups excluding carboxylic acids is 2. The Kier molecular flexibility index (Phi) is 7.12. The van der Waals surface area contributed by atoms with Crippen LogP contribution in [0.2, 0.25) is 0 Å². The molecule has 0 aliphatic rings. The van der Waals surface area contributed by atoms with Crippen molar-refractivity contribution in [1.29, 1.82) is 0 Å². The Bertz CT molecular complexity index is 1040. The number of amides is 1. The van der Waals surface area contributed by atoms with Gasteiger partial charge < -0.3 is 10.1 Å². The molecule has 8 nitrogen and oxygen atoms in total. The second-order valence-corrected chi connectivity index (χ2v) is 7.20. The summed E-state index contributed by atoms with van der Waals surface area (Å²) in [6.07, 6.45) is 2.93. The first kappa shape index (κ1) is 21.4. The number of hydrogen-bond donors (Lipinski definition) is 1. The summed E-state index contributed by atoms with van der Waals surface area (Å²) in [7, 11) is 0. The number of aromatic nitrogens is 4. The van der Waals surface area contributed by atoms with Crippen molar-refractivity contribution < 1.29 is 18.7 Å². The van der Waals surface area contributed by atoms with E-state index in [0.717, 1.165) is 5.56 Å². The van der Waals surface area contributed by atoms with E-state index in [-0.39, 0.29) is 24.1 Å². The van der Waals surface area contributed by atoms with Gasteiger partial charge in [-0.15, -0.1) is 0 Å². The predicted octanol–water partition coefficient (Wildman–Crippen LogP) is 2.70. The Morgan fingerprint density at radius 3 is 2.73 bits per heavy atom. The largest absolute Gasteiger partial charge is 0.462 e. The Morgan fingerprint density at radius 1 is 1.23 bits per heavy atom. The van der Waals surface area contributed by atoms with Gasteiger partial charge in [-0.2, -0.15) is 5.10 Å². The SMILES string of the molecule is CCOC(=O)c1cn(-c2cc(SCC(=O)NCc3ccc(F)cc3)ncn2)nc1C. The molecule has 0 unspecified atom stereocenters. The van der Waals surface area contributed by atoms with Gasteiger partial charge in [0.15, 0.2) is 5.82 Å². The Labute approximate surface area is 176 Å². The first-order valence-electron chi connectivity index (χ1n) is 9.16. The number of rotatable bonds is 8. The van der Waals surface area contributed by atoms with Crippen LogP contribution >= 0.6 is 11.8 Å². The first-order chi connectivity index (χ1) is 14.5. The molecule has 1 N–H and O–H groups in total. The molecule has 3 rings (SSSR count). The van der Waals surface area contributed by atoms with Gasteiger partial charge in [0.25, 0.3) is 0 Å². The van der Waals surface area contributed by atoms with Crippen LogP contribution in [0.15, 0.2) is 47.9 Å². The second kappa shape index (κ2) is 9.97. The number of thioether (sulfide) groups is 1. The van der Waals surface area contributed by atoms with E-state index in [1.54, 1.807) is 38.2 Å². The molecule has 30 heavy (non-hydrogen) atoms. The fourth-order valence-corrected chi connectivity index (χ4v) is 3.21. The summed E-state index contributed by atoms with van der Waals surface area (Å²) in [4.78, 5) is 32.4. The molecule has 0 aliphatic heterocycles. The number of nitrogens with zero attached hydrogens (tertiary/aromatic N) is 4. The zero-order chi connectivity index (χ0) is 21.5. The van der Waals surface area contributed by atoms with E-state index in [0.29, 0.717) is 28.6 Å². The van der Waals surface area contributed by atoms with Crippen molar-refractivity contribution in [3.05, 3.63) is 65.5 Å². The maximum absolute atomic E-state index is 12.9. The quantitative estimate of drug-likeness (QED) is 0.334. The Hall–Kier alpha value is -3.27. The fraction of sp³-hybridized carbons (Fsp3) is 0.250. The third-order valence-corrected chi connectivity index (χ3v) is 4.94. The van der Waals surface area contributed by atoms with Crippen molar-refractivity contribution in [2.24, 2.45) is 0 Å². The molecule has 156 valence electrons. The molecule has 0 aliphatic carbocycles. The van der Waals surface area contributed by atoms with Crippen LogP contribution in [0.3, 0.4) is 0 Å². The van der Waals surface area contributed by atoms with Gasteiger partial charge in [0.2, 0.25) is 5.91 Å². The molecular weight excluding hydrogens is 409 g/mol. The lowest BCUT2D eigenvalue weighted by molar-refractivity contribution is -0.118. The van der Waals surface area contributed by atoms with Gasteiger partial charge >= 0.3 is 5.97 Å². The number of ether oxygens (including phenoxy) is 1. The summed E-state index contributed by atoms with van der Waals surface area (Å²) < 4.78 is 19.4. The number of benzene rings is 1. The van der Waals surface area contributed by atoms with Crippen molar-refractivity contribution >= 4 is 23.6 Å². The minimum atomic E-state index is -0.442. The van der Waals surface area contributed by atoms with Gasteiger partial charge in [-0.05, 0) is 31.5 Å². The van der Waals surface area contributed by atoms with Crippen LogP contribution < -0.4 is 5.32 Å². The highest BCUT2D eigenvalue weighted by molar-refractivity contribution is 7.99. The average Bonchev–Trinajstić information content (AvgIpc) is 3.14. The average molecular weight is 429 g/mol. The van der Waals surface area contributed by atoms with Crippen molar-refractivity contribution in [2.45, 2.75) is 25.4 Å². The lowest BCUT2D eigenvalue weighted by atomic mass is 10.2. The minimum Gasteiger partial charge on any atom is -0.462 e. The monoisotopic (exact) mass is 429 g/mol. The zero-order valence-electron chi connectivity index (χ0n) is 16.5. The van der Waals surface area contributed by atoms with Crippen molar-refractivity contribution in [3.8, 4) is 5.82 Å². The number of carbonyl (C=O) groups is 2. The second-order valence-electron chi connectivity index (χ2n) is 6.20. The van der Waals surface area contributed by atoms with Crippen LogP contribution in [0, 0.1) is 12.7 Å². The number of halogens is 1. The number of hydrogen-bond acceptors (Lipinski definition) is 7. The molecule has 0 bridgehead atoms. The Morgan fingerprint density at radius 2 is 2.00 bits per heavy atom. The van der Waals surface area contributed by atoms with Crippen LogP contribution in [-0.4, -0.2) is 44.0 Å². The van der Waals surface area contributed by atoms with Crippen LogP contribution in [-0.2, 0) is 16.1 Å². The van der Waals surface area contributed by atoms with E-state index in [1.165, 1.54) is 34.9 Å². The smallest absolute Gasteiger partial charge is 0.341 e. The van der Waals surface area contributed by atoms with Crippen molar-refractivity contribution in [1.82, 2.24) is 25.1 Å². The van der Waals surface area contributed by atoms with E-state index >= 15 is 0 Å². The molecule has 0 atom stereocenters. The normalized spacial score (nSPS) is 10.6. The number of aryl methyl sites for hydroxylation is 1. The van der Waals surface area contributed by atoms with Crippen molar-refractivity contribution in [2.75, 3.05) is 12.4 Å². The van der Waals surface area contributed by atoms with Gasteiger partial charge in [-0.3, -0.25) is 4.79 Å². The highest BCUT2D eigenvalue weighted by Crippen LogP contribution is 2.18. The number of nitrogens with one attached hydrogen (secondary N) is 1. The standard InChI is InChI=1S/C20H20FN5O3S/c1-3-29-20(28)16-10-26(25-13(16)2)17-8-19(24-12-23-17)30-11-18(27)22-9-14-4-6-15(21)7-5-14/h4-8,10,12H,3,9,11H2,1-2H3,(H,22,27). The molecule has 3 aromatic rings. The van der Waals surface area contributed by atoms with Crippen LogP contribution in [0.4, 0.5) is 4.39 Å². The highest BCUT2D eigenvalue weighted by Gasteiger charge is 2.16. The zero-order valence-corrected chi connectivity index (χ0v) is 17.3. The molecule has 0 fully saturated rings. The fourth-order valence-electron chi connectivity index (χ4n) is 2.51. The third-order valence-electron chi connectivity index (χ3n) is 4.01. The molecular formula is C20H20FN5O3S. The summed E-state index contributed by atoms with van der Waals surface area (Å²) in [6, 6.07) is 7.62. The molecule has 10 heteroatoms. The number of esters is 1. The molecule has 1 aromatic carbocycles. The van der Waals surface area contributed by atoms with Gasteiger partial charge in [-0.25, -0.2) is 23.8 Å². The molecule has 0 spiro atoms. The van der Waals surface area contributed by atoms with E-state index in [9.17, 15) is 14.0 Å². The van der Waals surface area contributed by atoms with Crippen LogP contribution in [0.25, 0.3) is 5.82 Å². The Balaban J connectivity index is 1.59. The van der Waals surface area contributed by atoms with Crippen LogP contribution in [0.1, 0.15) is 28.5 Å². The topological polar surface area (TPSA) is 99.0 Å². The maximum atomic E-state index is 12.9. The first-order valence-corrected chi connectivity index (χ1v) is 10.1. The van der Waals surface area contributed by atoms with Crippen molar-refractivity contribution in [3.63, 3.8) is 0 Å². The maximum Gasteiger partial charge on any atom is 0.341 e. The van der Waals surface area contributed by atoms with Gasteiger partial charge in [0.05, 0.1) is 18.1 Å². The third kappa shape index (κ3) is 5.63. The summed E-state index contributed by atoms with van der Waals surface area (Å²) in [5.74, 6) is -0.310. The highest BCUT2D eigenvalue weighted by atomic mass is 32.2. The van der Waals surface area contributed by atoms with Gasteiger partial charge in [0.1, 0.15) is 22.7 Å². The lowest BCUT2D eigenvalue weighted by Gasteiger charge is -2.06. The van der Waals surface area contributed by atoms with Crippen LogP contribution in [0.5, 0.6) is 0 Å². The molecule has 2 aromatic heterocycles. The summed E-state index contributed by atoms with van der Waals surface area (Å²) in [5, 5.41) is 7.66. The molecule has 0 radical (unpaired) electrons. The van der Waals surface area contributed by atoms with E-state index in [2.05, 4.69) is 20.4 Å². The van der Waals surface area contributed by atoms with Gasteiger partial charge in [-0.1, -0.05) is 23.9 Å². The van der Waals surface area contributed by atoms with Gasteiger partial charge in [0, 0.05) is 18.8 Å². The van der Waals surface area contributed by atoms with E-state index in [1.807, 2.05) is 0 Å². The molecule has 1 amide bonds. The predicted molar refractivity (Wildman–Crippen MR) is 109 cm³/mol.